The third-order valence-electron chi connectivity index (χ3n) is 12.4. The third kappa shape index (κ3) is 12.3. The first kappa shape index (κ1) is 47.3. The van der Waals surface area contributed by atoms with Gasteiger partial charge in [-0.3, -0.25) is 19.3 Å². The van der Waals surface area contributed by atoms with Crippen LogP contribution in [0, 0.1) is 11.3 Å². The summed E-state index contributed by atoms with van der Waals surface area (Å²) in [6.45, 7) is 3.73. The van der Waals surface area contributed by atoms with E-state index in [1.807, 2.05) is 53.1 Å². The van der Waals surface area contributed by atoms with E-state index in [-0.39, 0.29) is 42.6 Å². The number of rotatable bonds is 23. The monoisotopic (exact) mass is 887 g/mol. The number of halogens is 1. The smallest absolute Gasteiger partial charge is 0.324 e. The molecule has 4 N–H and O–H groups in total. The van der Waals surface area contributed by atoms with E-state index in [9.17, 15) is 24.3 Å². The molecule has 0 spiro atoms. The SMILES string of the molecule is CCCCc1nc(Cl)c(C(=O)NCCCCNC(=O)N(C(=O)C2(CC(COCCOC)C(=O)O)CCCC2)C2CCCCC2)n1Cc1ccc(-c2ccccc2-c2nn[nH]n2)cc1. The molecule has 17 heteroatoms. The molecule has 2 aromatic heterocycles. The van der Waals surface area contributed by atoms with E-state index in [0.717, 1.165) is 85.9 Å². The number of carbonyl (C=O) groups is 4. The summed E-state index contributed by atoms with van der Waals surface area (Å²) in [4.78, 5) is 60.7. The summed E-state index contributed by atoms with van der Waals surface area (Å²) in [6, 6.07) is 15.3. The maximum absolute atomic E-state index is 14.6. The number of carboxylic acid groups (broad SMARTS) is 1. The van der Waals surface area contributed by atoms with Crippen molar-refractivity contribution in [2.75, 3.05) is 40.0 Å². The van der Waals surface area contributed by atoms with E-state index in [1.54, 1.807) is 7.11 Å². The van der Waals surface area contributed by atoms with Gasteiger partial charge in [-0.25, -0.2) is 9.78 Å². The van der Waals surface area contributed by atoms with E-state index in [2.05, 4.69) is 43.2 Å². The van der Waals surface area contributed by atoms with Crippen molar-refractivity contribution in [3.05, 3.63) is 70.8 Å². The van der Waals surface area contributed by atoms with Gasteiger partial charge in [0, 0.05) is 44.8 Å². The standard InChI is InChI=1S/C46H62ClN9O7/c1-3-4-18-38-50-40(47)39(55(38)30-32-19-21-33(22-20-32)36-16-8-9-17-37(36)41-51-53-54-52-41)42(57)48-25-12-13-26-49-45(61)56(35-14-6-5-7-15-35)44(60)46(23-10-11-24-46)29-34(43(58)59)31-63-28-27-62-2/h8-9,16-17,19-22,34-35H,3-7,10-15,18,23-31H2,1-2H3,(H,48,57)(H,49,61)(H,58,59)(H,51,52,53,54). The first-order valence-electron chi connectivity index (χ1n) is 22.5. The Balaban J connectivity index is 1.06. The lowest BCUT2D eigenvalue weighted by atomic mass is 9.76. The minimum atomic E-state index is -1.01. The minimum absolute atomic E-state index is 0.0246. The maximum Gasteiger partial charge on any atom is 0.324 e. The van der Waals surface area contributed by atoms with Crippen molar-refractivity contribution in [3.8, 4) is 22.5 Å². The fourth-order valence-corrected chi connectivity index (χ4v) is 9.29. The van der Waals surface area contributed by atoms with Gasteiger partial charge in [0.15, 0.2) is 5.15 Å². The molecule has 63 heavy (non-hydrogen) atoms. The molecule has 2 aromatic carbocycles. The van der Waals surface area contributed by atoms with Crippen molar-refractivity contribution in [1.82, 2.24) is 45.7 Å². The summed E-state index contributed by atoms with van der Waals surface area (Å²) in [5, 5.41) is 30.8. The molecule has 4 amide bonds. The Morgan fingerprint density at radius 2 is 1.67 bits per heavy atom. The Labute approximate surface area is 374 Å². The number of nitrogens with one attached hydrogen (secondary N) is 3. The zero-order valence-electron chi connectivity index (χ0n) is 36.6. The molecule has 0 radical (unpaired) electrons. The molecule has 6 rings (SSSR count). The quantitative estimate of drug-likeness (QED) is 0.0538. The second-order valence-electron chi connectivity index (χ2n) is 16.8. The van der Waals surface area contributed by atoms with Gasteiger partial charge >= 0.3 is 12.0 Å². The number of nitrogens with zero attached hydrogens (tertiary/aromatic N) is 6. The number of tetrazole rings is 1. The summed E-state index contributed by atoms with van der Waals surface area (Å²) in [6.07, 6.45) is 10.8. The number of carbonyl (C=O) groups excluding carboxylic acids is 3. The summed E-state index contributed by atoms with van der Waals surface area (Å²) in [5.74, 6) is -1.24. The van der Waals surface area contributed by atoms with Crippen molar-refractivity contribution in [2.45, 2.75) is 116 Å². The third-order valence-corrected chi connectivity index (χ3v) is 12.6. The van der Waals surface area contributed by atoms with Crippen LogP contribution in [0.25, 0.3) is 22.5 Å². The van der Waals surface area contributed by atoms with Crippen LogP contribution >= 0.6 is 11.6 Å². The van der Waals surface area contributed by atoms with E-state index in [1.165, 1.54) is 4.90 Å². The van der Waals surface area contributed by atoms with Crippen LogP contribution in [0.4, 0.5) is 4.79 Å². The van der Waals surface area contributed by atoms with E-state index in [0.29, 0.717) is 69.9 Å². The van der Waals surface area contributed by atoms with Crippen LogP contribution in [-0.2, 0) is 32.0 Å². The Morgan fingerprint density at radius 3 is 2.33 bits per heavy atom. The second-order valence-corrected chi connectivity index (χ2v) is 17.1. The Kier molecular flexibility index (Phi) is 17.6. The lowest BCUT2D eigenvalue weighted by Crippen LogP contribution is -2.55. The number of unbranched alkanes of at least 4 members (excludes halogenated alkanes) is 2. The summed E-state index contributed by atoms with van der Waals surface area (Å²) in [5.41, 5.74) is 3.14. The van der Waals surface area contributed by atoms with Crippen LogP contribution < -0.4 is 10.6 Å². The number of aliphatic carboxylic acids is 1. The number of aryl methyl sites for hydroxylation is 1. The number of aromatic amines is 1. The van der Waals surface area contributed by atoms with Crippen LogP contribution in [-0.4, -0.2) is 110 Å². The molecule has 1 unspecified atom stereocenters. The van der Waals surface area contributed by atoms with E-state index >= 15 is 0 Å². The van der Waals surface area contributed by atoms with Gasteiger partial charge in [0.25, 0.3) is 5.91 Å². The number of hydrogen-bond acceptors (Lipinski definition) is 10. The Bertz CT molecular complexity index is 2100. The fourth-order valence-electron chi connectivity index (χ4n) is 9.01. The number of ether oxygens (including phenoxy) is 2. The number of hydrogen-bond donors (Lipinski definition) is 4. The highest BCUT2D eigenvalue weighted by Gasteiger charge is 2.49. The molecule has 0 bridgehead atoms. The van der Waals surface area contributed by atoms with Gasteiger partial charge in [0.05, 0.1) is 31.2 Å². The lowest BCUT2D eigenvalue weighted by Gasteiger charge is -2.40. The van der Waals surface area contributed by atoms with E-state index in [4.69, 9.17) is 21.1 Å². The van der Waals surface area contributed by atoms with Crippen molar-refractivity contribution in [1.29, 1.82) is 0 Å². The van der Waals surface area contributed by atoms with Crippen molar-refractivity contribution in [2.24, 2.45) is 11.3 Å². The molecule has 1 atom stereocenters. The molecule has 2 heterocycles. The minimum Gasteiger partial charge on any atom is -0.481 e. The number of H-pyrrole nitrogens is 1. The zero-order chi connectivity index (χ0) is 44.6. The molecule has 0 saturated heterocycles. The first-order chi connectivity index (χ1) is 30.7. The molecule has 2 fully saturated rings. The molecule has 4 aromatic rings. The van der Waals surface area contributed by atoms with Gasteiger partial charge in [0.1, 0.15) is 11.5 Å². The summed E-state index contributed by atoms with van der Waals surface area (Å²) < 4.78 is 12.5. The topological polar surface area (TPSA) is 207 Å². The van der Waals surface area contributed by atoms with Crippen LogP contribution in [0.1, 0.15) is 119 Å². The highest BCUT2D eigenvalue weighted by Crippen LogP contribution is 2.46. The van der Waals surface area contributed by atoms with Crippen LogP contribution in [0.3, 0.4) is 0 Å². The molecule has 2 aliphatic carbocycles. The highest BCUT2D eigenvalue weighted by molar-refractivity contribution is 6.32. The second kappa shape index (κ2) is 23.5. The molecule has 2 saturated carbocycles. The van der Waals surface area contributed by atoms with Crippen molar-refractivity contribution in [3.63, 3.8) is 0 Å². The van der Waals surface area contributed by atoms with Crippen LogP contribution in [0.5, 0.6) is 0 Å². The average Bonchev–Trinajstić information content (AvgIpc) is 4.08. The fraction of sp³-hybridized carbons (Fsp3) is 0.565. The van der Waals surface area contributed by atoms with Crippen LogP contribution in [0.15, 0.2) is 48.5 Å². The summed E-state index contributed by atoms with van der Waals surface area (Å²) in [7, 11) is 1.55. The van der Waals surface area contributed by atoms with Gasteiger partial charge in [-0.15, -0.1) is 10.2 Å². The van der Waals surface area contributed by atoms with Gasteiger partial charge in [0.2, 0.25) is 11.7 Å². The predicted molar refractivity (Wildman–Crippen MR) is 238 cm³/mol. The average molecular weight is 889 g/mol. The number of imide groups is 1. The van der Waals surface area contributed by atoms with E-state index < -0.39 is 23.3 Å². The highest BCUT2D eigenvalue weighted by atomic mass is 35.5. The van der Waals surface area contributed by atoms with Gasteiger partial charge in [-0.2, -0.15) is 5.21 Å². The molecule has 340 valence electrons. The first-order valence-corrected chi connectivity index (χ1v) is 22.9. The Morgan fingerprint density at radius 1 is 0.952 bits per heavy atom. The number of amides is 4. The molecule has 0 aliphatic heterocycles. The van der Waals surface area contributed by atoms with Crippen molar-refractivity contribution >= 4 is 35.4 Å². The normalized spacial score (nSPS) is 15.5. The molecular weight excluding hydrogens is 826 g/mol. The van der Waals surface area contributed by atoms with Crippen LogP contribution in [0.2, 0.25) is 5.15 Å². The van der Waals surface area contributed by atoms with Gasteiger partial charge < -0.3 is 29.8 Å². The molecule has 16 nitrogen and oxygen atoms in total. The van der Waals surface area contributed by atoms with Gasteiger partial charge in [-0.05, 0) is 73.3 Å². The number of urea groups is 1. The van der Waals surface area contributed by atoms with Gasteiger partial charge in [-0.1, -0.05) is 106 Å². The number of carboxylic acids is 1. The maximum atomic E-state index is 14.6. The largest absolute Gasteiger partial charge is 0.481 e. The summed E-state index contributed by atoms with van der Waals surface area (Å²) >= 11 is 6.68. The Hall–Kier alpha value is -5.19. The predicted octanol–water partition coefficient (Wildman–Crippen LogP) is 7.47. The molecular formula is C46H62ClN9O7. The number of imidazole rings is 1. The number of aromatic nitrogens is 6. The number of benzene rings is 2. The lowest BCUT2D eigenvalue weighted by molar-refractivity contribution is -0.149. The zero-order valence-corrected chi connectivity index (χ0v) is 37.3. The number of methoxy groups -OCH3 is 1. The van der Waals surface area contributed by atoms with Crippen molar-refractivity contribution < 1.29 is 33.8 Å². The molecule has 2 aliphatic rings.